The molecule has 0 aliphatic heterocycles. The minimum Gasteiger partial charge on any atom is -0.480 e. The standard InChI is InChI=1S/C26H50N8O6/c1-7-16(6)21(34-22(36)17(27)11-14(2)3)24(38)31-13-20(35)32-18(9-8-10-30-26(28)29)23(37)33-19(25(39)40)12-15(4)5/h14-19,21H,7-13,27H2,1-6H3,(H,31,38)(H,32,35)(H,33,37)(H,34,36)(H,39,40)(H4,28,29,30)/t16-,17-,18-,19-,21-/m0/s1. The fraction of sp³-hybridized carbons (Fsp3) is 0.769. The Morgan fingerprint density at radius 3 is 1.93 bits per heavy atom. The van der Waals surface area contributed by atoms with Crippen LogP contribution < -0.4 is 38.5 Å². The van der Waals surface area contributed by atoms with E-state index in [1.165, 1.54) is 0 Å². The molecule has 0 aliphatic carbocycles. The summed E-state index contributed by atoms with van der Waals surface area (Å²) in [6.45, 7) is 10.9. The molecule has 40 heavy (non-hydrogen) atoms. The van der Waals surface area contributed by atoms with Gasteiger partial charge in [0.25, 0.3) is 0 Å². The minimum atomic E-state index is -1.19. The molecule has 230 valence electrons. The molecule has 0 spiro atoms. The molecule has 0 aliphatic rings. The Morgan fingerprint density at radius 1 is 0.825 bits per heavy atom. The third-order valence-corrected chi connectivity index (χ3v) is 6.20. The van der Waals surface area contributed by atoms with Gasteiger partial charge in [0.15, 0.2) is 5.96 Å². The molecule has 14 nitrogen and oxygen atoms in total. The summed E-state index contributed by atoms with van der Waals surface area (Å²) in [5.41, 5.74) is 16.6. The van der Waals surface area contributed by atoms with Gasteiger partial charge in [-0.2, -0.15) is 0 Å². The molecule has 0 aromatic carbocycles. The highest BCUT2D eigenvalue weighted by molar-refractivity contribution is 5.94. The summed E-state index contributed by atoms with van der Waals surface area (Å²) in [6, 6.07) is -3.90. The van der Waals surface area contributed by atoms with Crippen LogP contribution in [0.4, 0.5) is 0 Å². The predicted molar refractivity (Wildman–Crippen MR) is 153 cm³/mol. The summed E-state index contributed by atoms with van der Waals surface area (Å²) >= 11 is 0. The van der Waals surface area contributed by atoms with Gasteiger partial charge in [0.2, 0.25) is 23.6 Å². The third-order valence-electron chi connectivity index (χ3n) is 6.20. The summed E-state index contributed by atoms with van der Waals surface area (Å²) in [6.07, 6.45) is 1.69. The van der Waals surface area contributed by atoms with Crippen molar-refractivity contribution in [3.63, 3.8) is 0 Å². The number of amides is 4. The number of nitrogens with zero attached hydrogens (tertiary/aromatic N) is 1. The van der Waals surface area contributed by atoms with Gasteiger partial charge in [-0.1, -0.05) is 48.0 Å². The monoisotopic (exact) mass is 570 g/mol. The van der Waals surface area contributed by atoms with Crippen molar-refractivity contribution >= 4 is 35.6 Å². The second kappa shape index (κ2) is 18.8. The number of hydrogen-bond acceptors (Lipinski definition) is 7. The van der Waals surface area contributed by atoms with Crippen molar-refractivity contribution < 1.29 is 29.1 Å². The van der Waals surface area contributed by atoms with Crippen LogP contribution in [0.25, 0.3) is 0 Å². The van der Waals surface area contributed by atoms with Gasteiger partial charge in [0.1, 0.15) is 18.1 Å². The Balaban J connectivity index is 5.39. The van der Waals surface area contributed by atoms with Crippen LogP contribution in [-0.2, 0) is 24.0 Å². The number of carbonyl (C=O) groups excluding carboxylic acids is 4. The first-order valence-corrected chi connectivity index (χ1v) is 13.8. The van der Waals surface area contributed by atoms with Crippen LogP contribution in [0.1, 0.15) is 73.6 Å². The van der Waals surface area contributed by atoms with E-state index < -0.39 is 60.3 Å². The summed E-state index contributed by atoms with van der Waals surface area (Å²) in [5, 5.41) is 19.7. The number of aliphatic imine (C=N–C) groups is 1. The highest BCUT2D eigenvalue weighted by Gasteiger charge is 2.30. The van der Waals surface area contributed by atoms with Crippen LogP contribution in [0.3, 0.4) is 0 Å². The topological polar surface area (TPSA) is 244 Å². The van der Waals surface area contributed by atoms with Crippen LogP contribution in [-0.4, -0.2) is 77.9 Å². The van der Waals surface area contributed by atoms with Gasteiger partial charge in [0, 0.05) is 6.54 Å². The molecule has 0 saturated heterocycles. The number of carboxylic acid groups (broad SMARTS) is 1. The predicted octanol–water partition coefficient (Wildman–Crippen LogP) is -0.839. The lowest BCUT2D eigenvalue weighted by atomic mass is 9.97. The average Bonchev–Trinajstić information content (AvgIpc) is 2.85. The van der Waals surface area contributed by atoms with Gasteiger partial charge in [0.05, 0.1) is 12.6 Å². The summed E-state index contributed by atoms with van der Waals surface area (Å²) in [7, 11) is 0. The third kappa shape index (κ3) is 15.2. The molecule has 0 unspecified atom stereocenters. The molecule has 0 fully saturated rings. The van der Waals surface area contributed by atoms with E-state index in [-0.39, 0.29) is 43.1 Å². The van der Waals surface area contributed by atoms with Gasteiger partial charge in [-0.05, 0) is 43.4 Å². The number of aliphatic carboxylic acids is 1. The van der Waals surface area contributed by atoms with Gasteiger partial charge in [-0.25, -0.2) is 4.79 Å². The minimum absolute atomic E-state index is 0.00499. The fourth-order valence-corrected chi connectivity index (χ4v) is 3.84. The van der Waals surface area contributed by atoms with Crippen LogP contribution >= 0.6 is 0 Å². The molecule has 0 saturated carbocycles. The first-order valence-electron chi connectivity index (χ1n) is 13.8. The molecule has 0 rings (SSSR count). The second-order valence-electron chi connectivity index (χ2n) is 10.9. The van der Waals surface area contributed by atoms with Crippen molar-refractivity contribution in [2.45, 2.75) is 97.8 Å². The van der Waals surface area contributed by atoms with E-state index in [1.54, 1.807) is 6.92 Å². The van der Waals surface area contributed by atoms with E-state index in [0.717, 1.165) is 0 Å². The Bertz CT molecular complexity index is 875. The Morgan fingerprint density at radius 2 is 1.43 bits per heavy atom. The molecule has 0 aromatic rings. The van der Waals surface area contributed by atoms with Crippen molar-refractivity contribution in [3.05, 3.63) is 0 Å². The molecular formula is C26H50N8O6. The molecular weight excluding hydrogens is 520 g/mol. The number of guanidine groups is 1. The van der Waals surface area contributed by atoms with E-state index in [4.69, 9.17) is 17.2 Å². The number of nitrogens with two attached hydrogens (primary N) is 3. The van der Waals surface area contributed by atoms with E-state index in [0.29, 0.717) is 19.3 Å². The Hall–Kier alpha value is -3.42. The van der Waals surface area contributed by atoms with E-state index in [1.807, 2.05) is 34.6 Å². The second-order valence-corrected chi connectivity index (χ2v) is 10.9. The van der Waals surface area contributed by atoms with Gasteiger partial charge in [-0.15, -0.1) is 0 Å². The molecule has 11 N–H and O–H groups in total. The highest BCUT2D eigenvalue weighted by atomic mass is 16.4. The van der Waals surface area contributed by atoms with Crippen molar-refractivity contribution in [2.75, 3.05) is 13.1 Å². The lowest BCUT2D eigenvalue weighted by Gasteiger charge is -2.26. The molecule has 4 amide bonds. The van der Waals surface area contributed by atoms with Gasteiger partial charge in [-0.3, -0.25) is 24.2 Å². The summed E-state index contributed by atoms with van der Waals surface area (Å²) in [5.74, 6) is -3.71. The van der Waals surface area contributed by atoms with Crippen LogP contribution in [0.2, 0.25) is 0 Å². The van der Waals surface area contributed by atoms with Crippen LogP contribution in [0.5, 0.6) is 0 Å². The summed E-state index contributed by atoms with van der Waals surface area (Å²) < 4.78 is 0. The normalized spacial score (nSPS) is 14.8. The lowest BCUT2D eigenvalue weighted by molar-refractivity contribution is -0.142. The lowest BCUT2D eigenvalue weighted by Crippen LogP contribution is -2.56. The molecule has 0 heterocycles. The molecule has 0 bridgehead atoms. The number of carbonyl (C=O) groups is 5. The molecule has 0 aromatic heterocycles. The number of hydrogen-bond donors (Lipinski definition) is 8. The van der Waals surface area contributed by atoms with Crippen LogP contribution in [0, 0.1) is 17.8 Å². The van der Waals surface area contributed by atoms with Gasteiger partial charge >= 0.3 is 5.97 Å². The van der Waals surface area contributed by atoms with E-state index in [9.17, 15) is 29.1 Å². The fourth-order valence-electron chi connectivity index (χ4n) is 3.84. The zero-order chi connectivity index (χ0) is 31.0. The first kappa shape index (κ1) is 36.6. The molecule has 0 radical (unpaired) electrons. The number of nitrogens with one attached hydrogen (secondary N) is 4. The van der Waals surface area contributed by atoms with Crippen molar-refractivity contribution in [3.8, 4) is 0 Å². The zero-order valence-electron chi connectivity index (χ0n) is 24.7. The molecule has 14 heteroatoms. The maximum absolute atomic E-state index is 12.9. The van der Waals surface area contributed by atoms with Crippen LogP contribution in [0.15, 0.2) is 4.99 Å². The number of rotatable bonds is 19. The van der Waals surface area contributed by atoms with Crippen molar-refractivity contribution in [1.29, 1.82) is 0 Å². The van der Waals surface area contributed by atoms with Crippen molar-refractivity contribution in [1.82, 2.24) is 21.3 Å². The van der Waals surface area contributed by atoms with E-state index in [2.05, 4.69) is 26.3 Å². The maximum atomic E-state index is 12.9. The SMILES string of the molecule is CC[C@H](C)[C@H](NC(=O)[C@@H](N)CC(C)C)C(=O)NCC(=O)N[C@@H](CCCN=C(N)N)C(=O)N[C@@H](CC(C)C)C(=O)O. The zero-order valence-corrected chi connectivity index (χ0v) is 24.7. The number of carboxylic acids is 1. The average molecular weight is 571 g/mol. The Labute approximate surface area is 237 Å². The first-order chi connectivity index (χ1) is 18.6. The van der Waals surface area contributed by atoms with Gasteiger partial charge < -0.3 is 43.6 Å². The summed E-state index contributed by atoms with van der Waals surface area (Å²) in [4.78, 5) is 66.5. The smallest absolute Gasteiger partial charge is 0.326 e. The Kier molecular flexibility index (Phi) is 17.2. The highest BCUT2D eigenvalue weighted by Crippen LogP contribution is 2.10. The van der Waals surface area contributed by atoms with E-state index >= 15 is 0 Å². The molecule has 5 atom stereocenters. The van der Waals surface area contributed by atoms with Crippen molar-refractivity contribution in [2.24, 2.45) is 39.9 Å². The maximum Gasteiger partial charge on any atom is 0.326 e. The largest absolute Gasteiger partial charge is 0.480 e. The quantitative estimate of drug-likeness (QED) is 0.0547.